The van der Waals surface area contributed by atoms with Crippen LogP contribution in [-0.4, -0.2) is 51.8 Å². The molecule has 1 saturated heterocycles. The zero-order chi connectivity index (χ0) is 27.4. The molecule has 9 heteroatoms. The fraction of sp³-hybridized carbons (Fsp3) is 0.241. The average Bonchev–Trinajstić information content (AvgIpc) is 3.22. The molecule has 1 heterocycles. The van der Waals surface area contributed by atoms with Crippen LogP contribution in [0.25, 0.3) is 5.76 Å². The van der Waals surface area contributed by atoms with Crippen LogP contribution in [0.15, 0.2) is 66.2 Å². The van der Waals surface area contributed by atoms with E-state index in [4.69, 9.17) is 23.7 Å². The first-order chi connectivity index (χ1) is 18.4. The van der Waals surface area contributed by atoms with Crippen LogP contribution in [0.5, 0.6) is 28.7 Å². The number of Topliss-reactive ketones (excluding diaryl/α,β-unsaturated/α-hetero) is 1. The molecule has 0 radical (unpaired) electrons. The molecule has 0 aliphatic carbocycles. The lowest BCUT2D eigenvalue weighted by Gasteiger charge is -2.27. The maximum atomic E-state index is 13.6. The number of ketones is 1. The maximum Gasteiger partial charge on any atom is 0.300 e. The summed E-state index contributed by atoms with van der Waals surface area (Å²) < 4.78 is 27.4. The second-order valence-corrected chi connectivity index (χ2v) is 8.25. The van der Waals surface area contributed by atoms with Crippen molar-refractivity contribution in [3.8, 4) is 28.7 Å². The van der Waals surface area contributed by atoms with Crippen LogP contribution < -0.4 is 28.6 Å². The highest BCUT2D eigenvalue weighted by Gasteiger charge is 2.48. The van der Waals surface area contributed by atoms with Gasteiger partial charge in [0.05, 0.1) is 57.9 Å². The van der Waals surface area contributed by atoms with Gasteiger partial charge in [0.15, 0.2) is 11.5 Å². The Bertz CT molecular complexity index is 1400. The SMILES string of the molecule is CCOc1cc(C2/C(=C(\O)c3ccc(OC)cc3OC)C(=O)C(=O)N2c2ccccc2OC)ccc1OC. The molecule has 1 amide bonds. The molecule has 3 aromatic rings. The molecule has 3 aromatic carbocycles. The Labute approximate surface area is 220 Å². The predicted octanol–water partition coefficient (Wildman–Crippen LogP) is 4.75. The van der Waals surface area contributed by atoms with E-state index in [0.29, 0.717) is 40.9 Å². The summed E-state index contributed by atoms with van der Waals surface area (Å²) in [7, 11) is 5.95. The van der Waals surface area contributed by atoms with Gasteiger partial charge in [-0.15, -0.1) is 0 Å². The van der Waals surface area contributed by atoms with E-state index in [1.54, 1.807) is 60.7 Å². The molecule has 0 aromatic heterocycles. The van der Waals surface area contributed by atoms with Crippen molar-refractivity contribution in [2.45, 2.75) is 13.0 Å². The highest BCUT2D eigenvalue weighted by atomic mass is 16.5. The maximum absolute atomic E-state index is 13.6. The highest BCUT2D eigenvalue weighted by molar-refractivity contribution is 6.52. The molecule has 0 saturated carbocycles. The molecule has 0 spiro atoms. The zero-order valence-corrected chi connectivity index (χ0v) is 21.8. The molecule has 1 atom stereocenters. The van der Waals surface area contributed by atoms with Gasteiger partial charge in [-0.2, -0.15) is 0 Å². The Hall–Kier alpha value is -4.66. The molecule has 1 N–H and O–H groups in total. The Morgan fingerprint density at radius 2 is 1.53 bits per heavy atom. The average molecular weight is 520 g/mol. The van der Waals surface area contributed by atoms with Crippen molar-refractivity contribution < 1.29 is 38.4 Å². The number of hydrogen-bond donors (Lipinski definition) is 1. The van der Waals surface area contributed by atoms with Crippen molar-refractivity contribution in [1.82, 2.24) is 0 Å². The quantitative estimate of drug-likeness (QED) is 0.246. The van der Waals surface area contributed by atoms with Crippen molar-refractivity contribution in [1.29, 1.82) is 0 Å². The van der Waals surface area contributed by atoms with Crippen molar-refractivity contribution in [3.63, 3.8) is 0 Å². The molecule has 4 rings (SSSR count). The van der Waals surface area contributed by atoms with Gasteiger partial charge < -0.3 is 28.8 Å². The molecular formula is C29H29NO8. The van der Waals surface area contributed by atoms with E-state index < -0.39 is 17.7 Å². The summed E-state index contributed by atoms with van der Waals surface area (Å²) in [5, 5.41) is 11.6. The Morgan fingerprint density at radius 1 is 0.816 bits per heavy atom. The minimum absolute atomic E-state index is 0.114. The van der Waals surface area contributed by atoms with Gasteiger partial charge in [0.25, 0.3) is 11.7 Å². The second-order valence-electron chi connectivity index (χ2n) is 8.25. The van der Waals surface area contributed by atoms with Crippen molar-refractivity contribution in [2.24, 2.45) is 0 Å². The van der Waals surface area contributed by atoms with Gasteiger partial charge in [-0.1, -0.05) is 18.2 Å². The first kappa shape index (κ1) is 26.4. The number of aliphatic hydroxyl groups excluding tert-OH is 1. The number of rotatable bonds is 9. The zero-order valence-electron chi connectivity index (χ0n) is 21.8. The van der Waals surface area contributed by atoms with Gasteiger partial charge in [-0.3, -0.25) is 14.5 Å². The van der Waals surface area contributed by atoms with Gasteiger partial charge in [-0.25, -0.2) is 0 Å². The van der Waals surface area contributed by atoms with Crippen LogP contribution >= 0.6 is 0 Å². The largest absolute Gasteiger partial charge is 0.507 e. The van der Waals surface area contributed by atoms with Crippen LogP contribution in [0.4, 0.5) is 5.69 Å². The van der Waals surface area contributed by atoms with Crippen LogP contribution in [0.3, 0.4) is 0 Å². The van der Waals surface area contributed by atoms with E-state index in [1.165, 1.54) is 33.3 Å². The third-order valence-electron chi connectivity index (χ3n) is 6.26. The third kappa shape index (κ3) is 4.58. The number of anilines is 1. The van der Waals surface area contributed by atoms with E-state index in [-0.39, 0.29) is 22.6 Å². The van der Waals surface area contributed by atoms with Crippen molar-refractivity contribution in [2.75, 3.05) is 39.9 Å². The van der Waals surface area contributed by atoms with Crippen molar-refractivity contribution in [3.05, 3.63) is 77.4 Å². The molecule has 0 bridgehead atoms. The number of nitrogens with zero attached hydrogens (tertiary/aromatic N) is 1. The monoisotopic (exact) mass is 519 g/mol. The first-order valence-corrected chi connectivity index (χ1v) is 11.9. The summed E-state index contributed by atoms with van der Waals surface area (Å²) in [5.74, 6) is 0.0166. The van der Waals surface area contributed by atoms with Crippen molar-refractivity contribution >= 4 is 23.1 Å². The predicted molar refractivity (Wildman–Crippen MR) is 141 cm³/mol. The fourth-order valence-corrected chi connectivity index (χ4v) is 4.50. The minimum Gasteiger partial charge on any atom is -0.507 e. The second kappa shape index (κ2) is 11.2. The van der Waals surface area contributed by atoms with Crippen LogP contribution in [0, 0.1) is 0 Å². The molecule has 1 unspecified atom stereocenters. The van der Waals surface area contributed by atoms with E-state index in [2.05, 4.69) is 0 Å². The summed E-state index contributed by atoms with van der Waals surface area (Å²) >= 11 is 0. The topological polar surface area (TPSA) is 104 Å². The smallest absolute Gasteiger partial charge is 0.300 e. The highest BCUT2D eigenvalue weighted by Crippen LogP contribution is 2.47. The van der Waals surface area contributed by atoms with E-state index in [1.807, 2.05) is 6.92 Å². The Balaban J connectivity index is 2.01. The van der Waals surface area contributed by atoms with E-state index >= 15 is 0 Å². The summed E-state index contributed by atoms with van der Waals surface area (Å²) in [6.07, 6.45) is 0. The Morgan fingerprint density at radius 3 is 2.18 bits per heavy atom. The number of ether oxygens (including phenoxy) is 5. The molecular weight excluding hydrogens is 490 g/mol. The molecule has 9 nitrogen and oxygen atoms in total. The van der Waals surface area contributed by atoms with Gasteiger partial charge in [-0.05, 0) is 48.9 Å². The molecule has 1 aliphatic rings. The number of para-hydroxylation sites is 2. The standard InChI is InChI=1S/C29H29NO8/c1-6-38-24-15-17(11-14-22(24)36-4)26-25(27(31)19-13-12-18(34-2)16-23(19)37-5)28(32)29(33)30(26)20-9-7-8-10-21(20)35-3/h7-16,26,31H,6H2,1-5H3/b27-25+. The molecule has 1 fully saturated rings. The minimum atomic E-state index is -1.01. The van der Waals surface area contributed by atoms with Gasteiger partial charge >= 0.3 is 0 Å². The lowest BCUT2D eigenvalue weighted by Crippen LogP contribution is -2.29. The first-order valence-electron chi connectivity index (χ1n) is 11.9. The van der Waals surface area contributed by atoms with Gasteiger partial charge in [0.2, 0.25) is 0 Å². The number of hydrogen-bond acceptors (Lipinski definition) is 8. The Kier molecular flexibility index (Phi) is 7.76. The number of amides is 1. The third-order valence-corrected chi connectivity index (χ3v) is 6.26. The summed E-state index contributed by atoms with van der Waals surface area (Å²) in [6.45, 7) is 2.21. The fourth-order valence-electron chi connectivity index (χ4n) is 4.50. The summed E-state index contributed by atoms with van der Waals surface area (Å²) in [5.41, 5.74) is 1.01. The molecule has 198 valence electrons. The summed E-state index contributed by atoms with van der Waals surface area (Å²) in [6, 6.07) is 15.7. The van der Waals surface area contributed by atoms with Gasteiger partial charge in [0.1, 0.15) is 23.0 Å². The number of carbonyl (C=O) groups excluding carboxylic acids is 2. The van der Waals surface area contributed by atoms with E-state index in [9.17, 15) is 14.7 Å². The number of benzene rings is 3. The van der Waals surface area contributed by atoms with Crippen LogP contribution in [0.1, 0.15) is 24.1 Å². The lowest BCUT2D eigenvalue weighted by molar-refractivity contribution is -0.132. The van der Waals surface area contributed by atoms with E-state index in [0.717, 1.165) is 0 Å². The number of methoxy groups -OCH3 is 4. The molecule has 38 heavy (non-hydrogen) atoms. The molecule has 1 aliphatic heterocycles. The number of carbonyl (C=O) groups is 2. The van der Waals surface area contributed by atoms with Gasteiger partial charge in [0, 0.05) is 6.07 Å². The van der Waals surface area contributed by atoms with Crippen LogP contribution in [-0.2, 0) is 9.59 Å². The summed E-state index contributed by atoms with van der Waals surface area (Å²) in [4.78, 5) is 28.5. The van der Waals surface area contributed by atoms with Crippen LogP contribution in [0.2, 0.25) is 0 Å². The number of aliphatic hydroxyl groups is 1. The normalized spacial score (nSPS) is 16.3. The lowest BCUT2D eigenvalue weighted by atomic mass is 9.94.